The molecule has 0 aromatic heterocycles. The maximum Gasteiger partial charge on any atom is 0.253 e. The van der Waals surface area contributed by atoms with Crippen LogP contribution in [0.4, 0.5) is 11.4 Å². The van der Waals surface area contributed by atoms with Crippen LogP contribution in [0.5, 0.6) is 0 Å². The molecule has 0 aliphatic carbocycles. The van der Waals surface area contributed by atoms with E-state index in [1.54, 1.807) is 49.4 Å². The highest BCUT2D eigenvalue weighted by Gasteiger charge is 2.20. The average Bonchev–Trinajstić information content (AvgIpc) is 2.72. The van der Waals surface area contributed by atoms with Crippen LogP contribution in [0.25, 0.3) is 0 Å². The van der Waals surface area contributed by atoms with Crippen molar-refractivity contribution in [1.29, 1.82) is 0 Å². The standard InChI is InChI=1S/C23H30ClN3O4S/c1-5-17(3)25-23(29)19-9-6-7-10-20(19)26-22(28)11-8-14-27(32(4,30)31)21-15-18(24)13-12-16(21)2/h6-7,9-10,12-13,15,17H,5,8,11,14H2,1-4H3,(H,25,29)(H,26,28)/t17-/m0/s1. The molecule has 1 atom stereocenters. The van der Waals surface area contributed by atoms with Crippen molar-refractivity contribution in [3.05, 3.63) is 58.6 Å². The summed E-state index contributed by atoms with van der Waals surface area (Å²) in [6.45, 7) is 5.82. The minimum Gasteiger partial charge on any atom is -0.350 e. The number of sulfonamides is 1. The van der Waals surface area contributed by atoms with Gasteiger partial charge in [-0.3, -0.25) is 13.9 Å². The number of benzene rings is 2. The smallest absolute Gasteiger partial charge is 0.253 e. The molecule has 2 amide bonds. The molecule has 0 aliphatic rings. The fourth-order valence-electron chi connectivity index (χ4n) is 3.11. The first-order valence-corrected chi connectivity index (χ1v) is 12.7. The van der Waals surface area contributed by atoms with Crippen molar-refractivity contribution in [2.75, 3.05) is 22.4 Å². The SMILES string of the molecule is CC[C@H](C)NC(=O)c1ccccc1NC(=O)CCCN(c1cc(Cl)ccc1C)S(C)(=O)=O. The van der Waals surface area contributed by atoms with Crippen molar-refractivity contribution in [2.45, 2.75) is 46.1 Å². The Balaban J connectivity index is 2.05. The van der Waals surface area contributed by atoms with E-state index in [2.05, 4.69) is 10.6 Å². The number of aryl methyl sites for hydroxylation is 1. The number of carbonyl (C=O) groups excluding carboxylic acids is 2. The number of para-hydroxylation sites is 1. The topological polar surface area (TPSA) is 95.6 Å². The van der Waals surface area contributed by atoms with Gasteiger partial charge in [0.2, 0.25) is 15.9 Å². The lowest BCUT2D eigenvalue weighted by molar-refractivity contribution is -0.116. The lowest BCUT2D eigenvalue weighted by atomic mass is 10.1. The van der Waals surface area contributed by atoms with Crippen molar-refractivity contribution in [3.8, 4) is 0 Å². The lowest BCUT2D eigenvalue weighted by Crippen LogP contribution is -2.33. The molecule has 2 aromatic rings. The van der Waals surface area contributed by atoms with Crippen LogP contribution < -0.4 is 14.9 Å². The molecule has 0 heterocycles. The second-order valence-electron chi connectivity index (χ2n) is 7.75. The summed E-state index contributed by atoms with van der Waals surface area (Å²) in [6.07, 6.45) is 2.31. The van der Waals surface area contributed by atoms with E-state index in [9.17, 15) is 18.0 Å². The van der Waals surface area contributed by atoms with Crippen molar-refractivity contribution in [1.82, 2.24) is 5.32 Å². The Kier molecular flexibility index (Phi) is 9.09. The average molecular weight is 480 g/mol. The number of halogens is 1. The van der Waals surface area contributed by atoms with E-state index in [0.29, 0.717) is 28.4 Å². The number of nitrogens with zero attached hydrogens (tertiary/aromatic N) is 1. The summed E-state index contributed by atoms with van der Waals surface area (Å²) in [4.78, 5) is 25.0. The summed E-state index contributed by atoms with van der Waals surface area (Å²) in [6, 6.07) is 11.9. The molecule has 2 aromatic carbocycles. The summed E-state index contributed by atoms with van der Waals surface area (Å²) >= 11 is 6.05. The number of carbonyl (C=O) groups is 2. The fraction of sp³-hybridized carbons (Fsp3) is 0.391. The number of hydrogen-bond acceptors (Lipinski definition) is 4. The molecule has 0 aliphatic heterocycles. The maximum atomic E-state index is 12.5. The van der Waals surface area contributed by atoms with Gasteiger partial charge in [0.05, 0.1) is 23.2 Å². The fourth-order valence-corrected chi connectivity index (χ4v) is 4.29. The van der Waals surface area contributed by atoms with Gasteiger partial charge in [0.1, 0.15) is 0 Å². The molecule has 0 fully saturated rings. The molecule has 9 heteroatoms. The van der Waals surface area contributed by atoms with Gasteiger partial charge >= 0.3 is 0 Å². The zero-order chi connectivity index (χ0) is 23.9. The molecule has 174 valence electrons. The van der Waals surface area contributed by atoms with Gasteiger partial charge in [-0.15, -0.1) is 0 Å². The Morgan fingerprint density at radius 3 is 2.50 bits per heavy atom. The highest BCUT2D eigenvalue weighted by Crippen LogP contribution is 2.26. The van der Waals surface area contributed by atoms with E-state index in [4.69, 9.17) is 11.6 Å². The Bertz CT molecular complexity index is 1070. The van der Waals surface area contributed by atoms with E-state index in [-0.39, 0.29) is 30.8 Å². The predicted molar refractivity (Wildman–Crippen MR) is 130 cm³/mol. The highest BCUT2D eigenvalue weighted by molar-refractivity contribution is 7.92. The van der Waals surface area contributed by atoms with Crippen LogP contribution in [0, 0.1) is 6.92 Å². The number of amides is 2. The van der Waals surface area contributed by atoms with E-state index in [1.165, 1.54) is 4.31 Å². The molecule has 32 heavy (non-hydrogen) atoms. The second-order valence-corrected chi connectivity index (χ2v) is 10.1. The van der Waals surface area contributed by atoms with E-state index in [1.807, 2.05) is 13.8 Å². The van der Waals surface area contributed by atoms with Gasteiger partial charge < -0.3 is 10.6 Å². The van der Waals surface area contributed by atoms with Crippen LogP contribution in [0.15, 0.2) is 42.5 Å². The molecular formula is C23H30ClN3O4S. The predicted octanol–water partition coefficient (Wildman–Crippen LogP) is 4.36. The molecule has 0 radical (unpaired) electrons. The maximum absolute atomic E-state index is 12.5. The molecule has 2 rings (SSSR count). The van der Waals surface area contributed by atoms with Crippen molar-refractivity contribution in [2.24, 2.45) is 0 Å². The molecular weight excluding hydrogens is 450 g/mol. The summed E-state index contributed by atoms with van der Waals surface area (Å²) in [5.41, 5.74) is 2.07. The van der Waals surface area contributed by atoms with Crippen LogP contribution in [0.3, 0.4) is 0 Å². The van der Waals surface area contributed by atoms with Crippen LogP contribution in [-0.4, -0.2) is 39.1 Å². The van der Waals surface area contributed by atoms with Crippen LogP contribution in [-0.2, 0) is 14.8 Å². The van der Waals surface area contributed by atoms with Gasteiger partial charge in [-0.05, 0) is 56.5 Å². The number of hydrogen-bond donors (Lipinski definition) is 2. The van der Waals surface area contributed by atoms with E-state index >= 15 is 0 Å². The van der Waals surface area contributed by atoms with Crippen LogP contribution >= 0.6 is 11.6 Å². The minimum atomic E-state index is -3.56. The third kappa shape index (κ3) is 7.24. The third-order valence-electron chi connectivity index (χ3n) is 5.04. The Morgan fingerprint density at radius 2 is 1.84 bits per heavy atom. The zero-order valence-electron chi connectivity index (χ0n) is 18.8. The number of nitrogens with one attached hydrogen (secondary N) is 2. The third-order valence-corrected chi connectivity index (χ3v) is 6.46. The first-order chi connectivity index (χ1) is 15.0. The monoisotopic (exact) mass is 479 g/mol. The summed E-state index contributed by atoms with van der Waals surface area (Å²) in [5, 5.41) is 6.09. The van der Waals surface area contributed by atoms with Gasteiger partial charge in [-0.2, -0.15) is 0 Å². The van der Waals surface area contributed by atoms with Gasteiger partial charge in [0, 0.05) is 24.0 Å². The minimum absolute atomic E-state index is 0.0168. The van der Waals surface area contributed by atoms with Gasteiger partial charge in [-0.1, -0.05) is 36.7 Å². The first kappa shape index (κ1) is 25.7. The van der Waals surface area contributed by atoms with Crippen molar-refractivity contribution in [3.63, 3.8) is 0 Å². The molecule has 7 nitrogen and oxygen atoms in total. The van der Waals surface area contributed by atoms with Gasteiger partial charge in [0.15, 0.2) is 0 Å². The highest BCUT2D eigenvalue weighted by atomic mass is 35.5. The quantitative estimate of drug-likeness (QED) is 0.529. The number of anilines is 2. The van der Waals surface area contributed by atoms with E-state index in [0.717, 1.165) is 18.2 Å². The Morgan fingerprint density at radius 1 is 1.16 bits per heavy atom. The van der Waals surface area contributed by atoms with Crippen LogP contribution in [0.2, 0.25) is 5.02 Å². The Hall–Kier alpha value is -2.58. The zero-order valence-corrected chi connectivity index (χ0v) is 20.4. The Labute approximate surface area is 195 Å². The normalized spacial score (nSPS) is 12.2. The number of rotatable bonds is 10. The van der Waals surface area contributed by atoms with Gasteiger partial charge in [0.25, 0.3) is 5.91 Å². The molecule has 0 unspecified atom stereocenters. The molecule has 0 saturated carbocycles. The van der Waals surface area contributed by atoms with Crippen molar-refractivity contribution >= 4 is 44.8 Å². The second kappa shape index (κ2) is 11.3. The summed E-state index contributed by atoms with van der Waals surface area (Å²) in [5.74, 6) is -0.556. The molecule has 0 bridgehead atoms. The summed E-state index contributed by atoms with van der Waals surface area (Å²) < 4.78 is 25.9. The van der Waals surface area contributed by atoms with Crippen LogP contribution in [0.1, 0.15) is 49.0 Å². The van der Waals surface area contributed by atoms with Crippen molar-refractivity contribution < 1.29 is 18.0 Å². The molecule has 0 spiro atoms. The summed E-state index contributed by atoms with van der Waals surface area (Å²) in [7, 11) is -3.56. The van der Waals surface area contributed by atoms with Gasteiger partial charge in [-0.25, -0.2) is 8.42 Å². The molecule has 0 saturated heterocycles. The van der Waals surface area contributed by atoms with E-state index < -0.39 is 10.0 Å². The molecule has 2 N–H and O–H groups in total. The largest absolute Gasteiger partial charge is 0.350 e. The lowest BCUT2D eigenvalue weighted by Gasteiger charge is -2.24. The first-order valence-electron chi connectivity index (χ1n) is 10.5.